The van der Waals surface area contributed by atoms with Gasteiger partial charge in [-0.15, -0.1) is 0 Å². The van der Waals surface area contributed by atoms with Gasteiger partial charge < -0.3 is 5.73 Å². The Morgan fingerprint density at radius 3 is 3.08 bits per heavy atom. The average molecular weight is 177 g/mol. The molecule has 66 valence electrons. The van der Waals surface area contributed by atoms with Crippen LogP contribution in [-0.4, -0.2) is 4.98 Å². The van der Waals surface area contributed by atoms with Gasteiger partial charge in [-0.25, -0.2) is 4.98 Å². The maximum atomic E-state index is 12.6. The van der Waals surface area contributed by atoms with Gasteiger partial charge in [-0.2, -0.15) is 9.65 Å². The summed E-state index contributed by atoms with van der Waals surface area (Å²) in [6.07, 6.45) is 3.37. The lowest BCUT2D eigenvalue weighted by molar-refractivity contribution is 0.583. The van der Waals surface area contributed by atoms with Gasteiger partial charge in [-0.05, 0) is 18.2 Å². The predicted molar refractivity (Wildman–Crippen MR) is 47.9 cm³/mol. The van der Waals surface area contributed by atoms with Crippen LogP contribution in [0, 0.1) is 17.3 Å². The van der Waals surface area contributed by atoms with Gasteiger partial charge in [0.25, 0.3) is 0 Å². The van der Waals surface area contributed by atoms with Crippen molar-refractivity contribution in [3.8, 4) is 6.07 Å². The lowest BCUT2D eigenvalue weighted by Gasteiger charge is -1.97. The molecule has 4 heteroatoms. The molecule has 0 aliphatic rings. The summed E-state index contributed by atoms with van der Waals surface area (Å²) in [4.78, 5) is 3.56. The first-order valence-corrected chi connectivity index (χ1v) is 3.69. The van der Waals surface area contributed by atoms with E-state index in [-0.39, 0.29) is 6.42 Å². The fraction of sp³-hybridized carbons (Fsp3) is 0.111. The number of nitrogens with zero attached hydrogens (tertiary/aromatic N) is 2. The zero-order valence-electron chi connectivity index (χ0n) is 6.87. The van der Waals surface area contributed by atoms with Crippen LogP contribution in [0.3, 0.4) is 0 Å². The van der Waals surface area contributed by atoms with Gasteiger partial charge in [0.05, 0.1) is 23.9 Å². The van der Waals surface area contributed by atoms with E-state index >= 15 is 0 Å². The Morgan fingerprint density at radius 1 is 1.62 bits per heavy atom. The van der Waals surface area contributed by atoms with Gasteiger partial charge in [-0.1, -0.05) is 6.08 Å². The molecule has 3 nitrogen and oxygen atoms in total. The van der Waals surface area contributed by atoms with Crippen molar-refractivity contribution >= 4 is 11.8 Å². The molecular formula is C9H8FN3. The van der Waals surface area contributed by atoms with Crippen molar-refractivity contribution in [3.05, 3.63) is 29.9 Å². The second-order valence-electron chi connectivity index (χ2n) is 2.37. The molecule has 0 spiro atoms. The monoisotopic (exact) mass is 177 g/mol. The third kappa shape index (κ3) is 2.56. The minimum Gasteiger partial charge on any atom is -0.397 e. The maximum absolute atomic E-state index is 12.6. The Hall–Kier alpha value is -1.89. The Bertz CT molecular complexity index is 366. The minimum absolute atomic E-state index is 0.262. The van der Waals surface area contributed by atoms with E-state index in [2.05, 4.69) is 4.98 Å². The molecule has 0 atom stereocenters. The molecule has 1 aromatic rings. The highest BCUT2D eigenvalue weighted by Gasteiger charge is 1.97. The number of hydrogen-bond acceptors (Lipinski definition) is 3. The zero-order chi connectivity index (χ0) is 9.68. The molecule has 1 rings (SSSR count). The van der Waals surface area contributed by atoms with Crippen molar-refractivity contribution in [2.75, 3.05) is 5.73 Å². The first-order chi connectivity index (χ1) is 6.24. The Balaban J connectivity index is 2.88. The van der Waals surface area contributed by atoms with Crippen molar-refractivity contribution in [3.63, 3.8) is 0 Å². The summed E-state index contributed by atoms with van der Waals surface area (Å²) in [6, 6.07) is 4.55. The third-order valence-electron chi connectivity index (χ3n) is 1.41. The third-order valence-corrected chi connectivity index (χ3v) is 1.41. The van der Waals surface area contributed by atoms with E-state index in [9.17, 15) is 4.39 Å². The van der Waals surface area contributed by atoms with Crippen LogP contribution in [-0.2, 0) is 0 Å². The molecule has 0 aromatic carbocycles. The summed E-state index contributed by atoms with van der Waals surface area (Å²) < 4.78 is 12.6. The Kier molecular flexibility index (Phi) is 2.98. The highest BCUT2D eigenvalue weighted by atomic mass is 19.1. The van der Waals surface area contributed by atoms with Crippen LogP contribution in [0.25, 0.3) is 6.08 Å². The number of aromatic nitrogens is 1. The molecule has 2 N–H and O–H groups in total. The smallest absolute Gasteiger partial charge is 0.213 e. The molecule has 0 aliphatic carbocycles. The molecule has 0 bridgehead atoms. The van der Waals surface area contributed by atoms with Crippen LogP contribution in [0.5, 0.6) is 0 Å². The summed E-state index contributed by atoms with van der Waals surface area (Å²) >= 11 is 0. The highest BCUT2D eigenvalue weighted by Crippen LogP contribution is 2.10. The molecule has 0 radical (unpaired) electrons. The Morgan fingerprint density at radius 2 is 2.38 bits per heavy atom. The molecule has 0 unspecified atom stereocenters. The van der Waals surface area contributed by atoms with Crippen LogP contribution >= 0.6 is 0 Å². The van der Waals surface area contributed by atoms with Crippen molar-refractivity contribution < 1.29 is 4.39 Å². The number of rotatable bonds is 2. The summed E-state index contributed by atoms with van der Waals surface area (Å²) in [5.41, 5.74) is 6.26. The largest absolute Gasteiger partial charge is 0.397 e. The number of anilines is 1. The molecule has 0 saturated heterocycles. The molecule has 1 aromatic heterocycles. The Labute approximate surface area is 75.3 Å². The van der Waals surface area contributed by atoms with Crippen LogP contribution < -0.4 is 5.73 Å². The predicted octanol–water partition coefficient (Wildman–Crippen LogP) is 1.73. The molecule has 0 aliphatic heterocycles. The van der Waals surface area contributed by atoms with Crippen molar-refractivity contribution in [2.24, 2.45) is 0 Å². The fourth-order valence-corrected chi connectivity index (χ4v) is 0.818. The van der Waals surface area contributed by atoms with Crippen LogP contribution in [0.2, 0.25) is 0 Å². The van der Waals surface area contributed by atoms with E-state index in [4.69, 9.17) is 11.0 Å². The molecule has 1 heterocycles. The zero-order valence-corrected chi connectivity index (χ0v) is 6.87. The standard InChI is InChI=1S/C9H8FN3/c10-9-5-4-7(12)8(13-9)3-1-2-6-11/h1,3-5H,2,12H2. The van der Waals surface area contributed by atoms with Gasteiger partial charge >= 0.3 is 0 Å². The van der Waals surface area contributed by atoms with Crippen molar-refractivity contribution in [1.82, 2.24) is 4.98 Å². The van der Waals surface area contributed by atoms with E-state index in [1.807, 2.05) is 6.07 Å². The van der Waals surface area contributed by atoms with Gasteiger partial charge in [0.2, 0.25) is 5.95 Å². The summed E-state index contributed by atoms with van der Waals surface area (Å²) in [6.45, 7) is 0. The average Bonchev–Trinajstić information content (AvgIpc) is 2.11. The number of allylic oxidation sites excluding steroid dienone is 1. The first kappa shape index (κ1) is 9.20. The van der Waals surface area contributed by atoms with Gasteiger partial charge in [-0.3, -0.25) is 0 Å². The second-order valence-corrected chi connectivity index (χ2v) is 2.37. The SMILES string of the molecule is N#CCC=Cc1nc(F)ccc1N. The number of hydrogen-bond donors (Lipinski definition) is 1. The first-order valence-electron chi connectivity index (χ1n) is 3.69. The summed E-state index contributed by atoms with van der Waals surface area (Å²) in [7, 11) is 0. The van der Waals surface area contributed by atoms with Gasteiger partial charge in [0, 0.05) is 0 Å². The summed E-state index contributed by atoms with van der Waals surface area (Å²) in [5.74, 6) is -0.578. The number of nitrogens with two attached hydrogens (primary N) is 1. The van der Waals surface area contributed by atoms with Crippen molar-refractivity contribution in [2.45, 2.75) is 6.42 Å². The van der Waals surface area contributed by atoms with Crippen LogP contribution in [0.15, 0.2) is 18.2 Å². The van der Waals surface area contributed by atoms with Crippen molar-refractivity contribution in [1.29, 1.82) is 5.26 Å². The van der Waals surface area contributed by atoms with E-state index < -0.39 is 5.95 Å². The second kappa shape index (κ2) is 4.21. The molecule has 0 saturated carbocycles. The molecular weight excluding hydrogens is 169 g/mol. The lowest BCUT2D eigenvalue weighted by Crippen LogP contribution is -1.94. The highest BCUT2D eigenvalue weighted by molar-refractivity contribution is 5.60. The lowest BCUT2D eigenvalue weighted by atomic mass is 10.2. The maximum Gasteiger partial charge on any atom is 0.213 e. The van der Waals surface area contributed by atoms with E-state index in [0.29, 0.717) is 11.4 Å². The summed E-state index contributed by atoms with van der Waals surface area (Å²) in [5, 5.41) is 8.24. The molecule has 13 heavy (non-hydrogen) atoms. The van der Waals surface area contributed by atoms with Gasteiger partial charge in [0.15, 0.2) is 0 Å². The molecule has 0 fully saturated rings. The van der Waals surface area contributed by atoms with Crippen LogP contribution in [0.1, 0.15) is 12.1 Å². The quantitative estimate of drug-likeness (QED) is 0.699. The van der Waals surface area contributed by atoms with E-state index in [1.165, 1.54) is 18.2 Å². The number of nitriles is 1. The van der Waals surface area contributed by atoms with Crippen LogP contribution in [0.4, 0.5) is 10.1 Å². The number of pyridine rings is 1. The fourth-order valence-electron chi connectivity index (χ4n) is 0.818. The normalized spacial score (nSPS) is 10.2. The minimum atomic E-state index is -0.578. The molecule has 0 amide bonds. The van der Waals surface area contributed by atoms with Gasteiger partial charge in [0.1, 0.15) is 0 Å². The van der Waals surface area contributed by atoms with E-state index in [0.717, 1.165) is 0 Å². The topological polar surface area (TPSA) is 62.7 Å². The number of nitrogen functional groups attached to an aromatic ring is 1. The number of halogens is 1. The van der Waals surface area contributed by atoms with E-state index in [1.54, 1.807) is 6.08 Å².